The number of non-ortho nitro benzene ring substituents is 1. The number of aryl methyl sites for hydroxylation is 3. The van der Waals surface area contributed by atoms with Gasteiger partial charge in [0, 0.05) is 61.9 Å². The van der Waals surface area contributed by atoms with E-state index in [-0.39, 0.29) is 5.69 Å². The Morgan fingerprint density at radius 2 is 2.07 bits per heavy atom. The van der Waals surface area contributed by atoms with Gasteiger partial charge in [-0.25, -0.2) is 9.67 Å². The van der Waals surface area contributed by atoms with Crippen molar-refractivity contribution in [1.29, 1.82) is 0 Å². The van der Waals surface area contributed by atoms with Crippen molar-refractivity contribution in [2.24, 2.45) is 7.05 Å². The minimum atomic E-state index is -0.393. The number of nitro groups is 1. The van der Waals surface area contributed by atoms with Crippen LogP contribution in [0, 0.1) is 10.1 Å². The number of nitro benzene ring substituents is 1. The van der Waals surface area contributed by atoms with Gasteiger partial charge in [0.15, 0.2) is 5.82 Å². The van der Waals surface area contributed by atoms with Gasteiger partial charge in [-0.15, -0.1) is 0 Å². The highest BCUT2D eigenvalue weighted by atomic mass is 16.6. The van der Waals surface area contributed by atoms with E-state index in [9.17, 15) is 10.1 Å². The van der Waals surface area contributed by atoms with Gasteiger partial charge in [-0.3, -0.25) is 14.8 Å². The molecule has 1 unspecified atom stereocenters. The molecular formula is C19H23N7O2. The van der Waals surface area contributed by atoms with Crippen molar-refractivity contribution in [3.8, 4) is 11.3 Å². The fourth-order valence-electron chi connectivity index (χ4n) is 3.58. The van der Waals surface area contributed by atoms with Crippen molar-refractivity contribution in [3.63, 3.8) is 0 Å². The van der Waals surface area contributed by atoms with Crippen LogP contribution >= 0.6 is 0 Å². The first kappa shape index (κ1) is 18.3. The summed E-state index contributed by atoms with van der Waals surface area (Å²) >= 11 is 0. The molecule has 3 aromatic rings. The third-order valence-electron chi connectivity index (χ3n) is 5.06. The lowest BCUT2D eigenvalue weighted by atomic mass is 10.1. The van der Waals surface area contributed by atoms with Crippen LogP contribution in [0.2, 0.25) is 0 Å². The molecular weight excluding hydrogens is 358 g/mol. The van der Waals surface area contributed by atoms with Crippen molar-refractivity contribution in [3.05, 3.63) is 57.8 Å². The zero-order chi connectivity index (χ0) is 19.7. The topological polar surface area (TPSA) is 104 Å². The van der Waals surface area contributed by atoms with Gasteiger partial charge in [0.25, 0.3) is 5.69 Å². The van der Waals surface area contributed by atoms with Crippen LogP contribution in [0.1, 0.15) is 30.6 Å². The summed E-state index contributed by atoms with van der Waals surface area (Å²) in [4.78, 5) is 15.0. The van der Waals surface area contributed by atoms with Crippen molar-refractivity contribution >= 4 is 5.69 Å². The van der Waals surface area contributed by atoms with E-state index in [4.69, 9.17) is 0 Å². The van der Waals surface area contributed by atoms with E-state index >= 15 is 0 Å². The van der Waals surface area contributed by atoms with Gasteiger partial charge in [0.2, 0.25) is 0 Å². The maximum atomic E-state index is 10.9. The summed E-state index contributed by atoms with van der Waals surface area (Å²) in [5, 5.41) is 23.6. The number of aromatic nitrogens is 5. The lowest BCUT2D eigenvalue weighted by Crippen LogP contribution is -2.37. The maximum absolute atomic E-state index is 10.9. The number of fused-ring (bicyclic) bond motifs is 1. The fraction of sp³-hybridized carbons (Fsp3) is 0.421. The van der Waals surface area contributed by atoms with Gasteiger partial charge in [-0.2, -0.15) is 10.2 Å². The zero-order valence-electron chi connectivity index (χ0n) is 16.0. The molecule has 1 aromatic carbocycles. The summed E-state index contributed by atoms with van der Waals surface area (Å²) in [5.74, 6) is 1.98. The minimum Gasteiger partial charge on any atom is -0.308 e. The van der Waals surface area contributed by atoms with Crippen molar-refractivity contribution in [1.82, 2.24) is 29.9 Å². The zero-order valence-corrected chi connectivity index (χ0v) is 16.0. The smallest absolute Gasteiger partial charge is 0.269 e. The Kier molecular flexibility index (Phi) is 4.91. The average Bonchev–Trinajstić information content (AvgIpc) is 3.28. The second-order valence-electron chi connectivity index (χ2n) is 7.08. The second-order valence-corrected chi connectivity index (χ2v) is 7.08. The lowest BCUT2D eigenvalue weighted by Gasteiger charge is -2.23. The highest BCUT2D eigenvalue weighted by Crippen LogP contribution is 2.25. The lowest BCUT2D eigenvalue weighted by molar-refractivity contribution is -0.384. The molecule has 1 N–H and O–H groups in total. The van der Waals surface area contributed by atoms with Gasteiger partial charge in [0.05, 0.1) is 17.2 Å². The Morgan fingerprint density at radius 3 is 2.79 bits per heavy atom. The first-order valence-corrected chi connectivity index (χ1v) is 9.46. The molecule has 3 heterocycles. The van der Waals surface area contributed by atoms with Crippen LogP contribution < -0.4 is 5.32 Å². The van der Waals surface area contributed by atoms with E-state index in [2.05, 4.69) is 27.4 Å². The monoisotopic (exact) mass is 381 g/mol. The first-order chi connectivity index (χ1) is 13.5. The van der Waals surface area contributed by atoms with E-state index in [1.54, 1.807) is 16.8 Å². The molecule has 146 valence electrons. The molecule has 0 saturated heterocycles. The molecule has 0 spiro atoms. The quantitative estimate of drug-likeness (QED) is 0.519. The van der Waals surface area contributed by atoms with Crippen LogP contribution in [-0.2, 0) is 33.0 Å². The summed E-state index contributed by atoms with van der Waals surface area (Å²) in [6, 6.07) is 6.85. The molecule has 0 fully saturated rings. The van der Waals surface area contributed by atoms with Gasteiger partial charge in [0.1, 0.15) is 5.82 Å². The standard InChI is InChI=1S/C19H23N7O2/c1-3-17-21-18-9-6-15(12-25(18)22-17)20-10-14-11-24(2)23-19(14)13-4-7-16(8-5-13)26(27)28/h4-5,7-8,11,15,20H,3,6,9-10,12H2,1-2H3. The second kappa shape index (κ2) is 7.51. The van der Waals surface area contributed by atoms with Crippen molar-refractivity contribution < 1.29 is 4.92 Å². The van der Waals surface area contributed by atoms with Crippen LogP contribution in [-0.4, -0.2) is 35.5 Å². The molecule has 0 aliphatic carbocycles. The molecule has 0 amide bonds. The van der Waals surface area contributed by atoms with Gasteiger partial charge < -0.3 is 5.32 Å². The average molecular weight is 381 g/mol. The number of hydrogen-bond acceptors (Lipinski definition) is 6. The summed E-state index contributed by atoms with van der Waals surface area (Å²) in [5.41, 5.74) is 2.86. The number of nitrogens with zero attached hydrogens (tertiary/aromatic N) is 6. The van der Waals surface area contributed by atoms with E-state index in [0.717, 1.165) is 54.3 Å². The SMILES string of the molecule is CCc1nc2n(n1)CC(NCc1cn(C)nc1-c1ccc([N+](=O)[O-])cc1)CC2. The Bertz CT molecular complexity index is 990. The first-order valence-electron chi connectivity index (χ1n) is 9.46. The number of hydrogen-bond donors (Lipinski definition) is 1. The predicted molar refractivity (Wildman–Crippen MR) is 104 cm³/mol. The molecule has 2 aromatic heterocycles. The highest BCUT2D eigenvalue weighted by Gasteiger charge is 2.22. The normalized spacial score (nSPS) is 16.1. The van der Waals surface area contributed by atoms with Crippen molar-refractivity contribution in [2.45, 2.75) is 45.3 Å². The van der Waals surface area contributed by atoms with Crippen LogP contribution in [0.15, 0.2) is 30.5 Å². The molecule has 1 aliphatic rings. The van der Waals surface area contributed by atoms with Crippen LogP contribution in [0.3, 0.4) is 0 Å². The predicted octanol–water partition coefficient (Wildman–Crippen LogP) is 2.25. The molecule has 0 radical (unpaired) electrons. The number of rotatable bonds is 6. The molecule has 4 rings (SSSR count). The molecule has 9 heteroatoms. The van der Waals surface area contributed by atoms with Gasteiger partial charge in [-0.1, -0.05) is 6.92 Å². The third kappa shape index (κ3) is 3.65. The van der Waals surface area contributed by atoms with Crippen LogP contribution in [0.5, 0.6) is 0 Å². The van der Waals surface area contributed by atoms with E-state index in [0.29, 0.717) is 12.6 Å². The Morgan fingerprint density at radius 1 is 1.29 bits per heavy atom. The number of nitrogens with one attached hydrogen (secondary N) is 1. The van der Waals surface area contributed by atoms with Crippen molar-refractivity contribution in [2.75, 3.05) is 0 Å². The van der Waals surface area contributed by atoms with E-state index < -0.39 is 4.92 Å². The maximum Gasteiger partial charge on any atom is 0.269 e. The molecule has 9 nitrogen and oxygen atoms in total. The fourth-order valence-corrected chi connectivity index (χ4v) is 3.58. The minimum absolute atomic E-state index is 0.0802. The summed E-state index contributed by atoms with van der Waals surface area (Å²) < 4.78 is 3.79. The Hall–Kier alpha value is -3.07. The Labute approximate surface area is 162 Å². The highest BCUT2D eigenvalue weighted by molar-refractivity contribution is 5.64. The van der Waals surface area contributed by atoms with Gasteiger partial charge in [-0.05, 0) is 18.6 Å². The van der Waals surface area contributed by atoms with Crippen LogP contribution in [0.25, 0.3) is 11.3 Å². The van der Waals surface area contributed by atoms with E-state index in [1.807, 2.05) is 17.9 Å². The molecule has 1 aliphatic heterocycles. The summed E-state index contributed by atoms with van der Waals surface area (Å²) in [6.45, 7) is 3.56. The van der Waals surface area contributed by atoms with Gasteiger partial charge >= 0.3 is 0 Å². The molecule has 0 saturated carbocycles. The number of benzene rings is 1. The van der Waals surface area contributed by atoms with E-state index in [1.165, 1.54) is 12.1 Å². The summed E-state index contributed by atoms with van der Waals surface area (Å²) in [6.07, 6.45) is 4.79. The largest absolute Gasteiger partial charge is 0.308 e. The molecule has 0 bridgehead atoms. The third-order valence-corrected chi connectivity index (χ3v) is 5.06. The molecule has 1 atom stereocenters. The van der Waals surface area contributed by atoms with Crippen LogP contribution in [0.4, 0.5) is 5.69 Å². The Balaban J connectivity index is 1.46. The summed E-state index contributed by atoms with van der Waals surface area (Å²) in [7, 11) is 1.88. The molecule has 28 heavy (non-hydrogen) atoms.